The fourth-order valence-electron chi connectivity index (χ4n) is 2.58. The van der Waals surface area contributed by atoms with Gasteiger partial charge in [-0.1, -0.05) is 59.2 Å². The summed E-state index contributed by atoms with van der Waals surface area (Å²) >= 11 is 7.97. The Balaban J connectivity index is 2.46. The molecular formula is C19H25ClN2OS. The number of hydrogen-bond acceptors (Lipinski definition) is 3. The lowest BCUT2D eigenvalue weighted by molar-refractivity contribution is 0.573. The number of hydrogen-bond donors (Lipinski definition) is 0. The van der Waals surface area contributed by atoms with E-state index in [9.17, 15) is 4.79 Å². The van der Waals surface area contributed by atoms with Gasteiger partial charge in [-0.3, -0.25) is 4.79 Å². The van der Waals surface area contributed by atoms with Crippen LogP contribution in [0.2, 0.25) is 5.02 Å². The number of benzene rings is 1. The molecule has 1 aromatic carbocycles. The van der Waals surface area contributed by atoms with Crippen LogP contribution in [0.3, 0.4) is 0 Å². The lowest BCUT2D eigenvalue weighted by Gasteiger charge is -2.28. The van der Waals surface area contributed by atoms with E-state index in [1.165, 1.54) is 33.2 Å². The summed E-state index contributed by atoms with van der Waals surface area (Å²) in [5.74, 6) is 0.670. The lowest BCUT2D eigenvalue weighted by atomic mass is 9.79. The third-order valence-corrected chi connectivity index (χ3v) is 5.11. The monoisotopic (exact) mass is 364 g/mol. The van der Waals surface area contributed by atoms with E-state index in [2.05, 4.69) is 58.8 Å². The molecule has 130 valence electrons. The zero-order valence-electron chi connectivity index (χ0n) is 15.2. The standard InChI is InChI=1S/C19H25ClN2OS/c1-18(2,3)14-11-16(20)15(19(4,5)6)10-13(14)12-24-22-17(23)8-7-9-21-22/h7-11H,12H2,1-6H3. The van der Waals surface area contributed by atoms with Crippen molar-refractivity contribution in [2.45, 2.75) is 58.1 Å². The van der Waals surface area contributed by atoms with Crippen LogP contribution in [0.4, 0.5) is 0 Å². The summed E-state index contributed by atoms with van der Waals surface area (Å²) in [6, 6.07) is 7.44. The van der Waals surface area contributed by atoms with Crippen molar-refractivity contribution in [1.29, 1.82) is 0 Å². The van der Waals surface area contributed by atoms with Gasteiger partial charge in [-0.05, 0) is 51.6 Å². The van der Waals surface area contributed by atoms with Gasteiger partial charge >= 0.3 is 0 Å². The van der Waals surface area contributed by atoms with Crippen LogP contribution in [0.5, 0.6) is 0 Å². The van der Waals surface area contributed by atoms with Crippen LogP contribution < -0.4 is 5.56 Å². The van der Waals surface area contributed by atoms with Crippen molar-refractivity contribution in [2.24, 2.45) is 0 Å². The molecule has 0 N–H and O–H groups in total. The van der Waals surface area contributed by atoms with Gasteiger partial charge in [0.2, 0.25) is 0 Å². The molecule has 0 aliphatic rings. The highest BCUT2D eigenvalue weighted by atomic mass is 35.5. The first-order valence-electron chi connectivity index (χ1n) is 8.01. The summed E-state index contributed by atoms with van der Waals surface area (Å²) in [6.07, 6.45) is 1.63. The SMILES string of the molecule is CC(C)(C)c1cc(CSn2ncccc2=O)c(C(C)(C)C)cc1Cl. The molecule has 0 amide bonds. The quantitative estimate of drug-likeness (QED) is 0.751. The molecule has 0 aliphatic heterocycles. The predicted molar refractivity (Wildman–Crippen MR) is 104 cm³/mol. The highest BCUT2D eigenvalue weighted by Crippen LogP contribution is 2.37. The Labute approximate surface area is 153 Å². The van der Waals surface area contributed by atoms with E-state index in [0.29, 0.717) is 5.75 Å². The first-order valence-corrected chi connectivity index (χ1v) is 9.33. The molecule has 24 heavy (non-hydrogen) atoms. The average Bonchev–Trinajstić information content (AvgIpc) is 2.45. The Kier molecular flexibility index (Phi) is 5.50. The molecule has 0 spiro atoms. The topological polar surface area (TPSA) is 34.9 Å². The highest BCUT2D eigenvalue weighted by molar-refractivity contribution is 7.96. The van der Waals surface area contributed by atoms with E-state index in [1.807, 2.05) is 0 Å². The highest BCUT2D eigenvalue weighted by Gasteiger charge is 2.24. The molecule has 0 atom stereocenters. The molecule has 3 nitrogen and oxygen atoms in total. The summed E-state index contributed by atoms with van der Waals surface area (Å²) < 4.78 is 1.43. The lowest BCUT2D eigenvalue weighted by Crippen LogP contribution is -2.19. The molecule has 0 fully saturated rings. The van der Waals surface area contributed by atoms with Crippen LogP contribution in [0.25, 0.3) is 0 Å². The molecule has 0 aliphatic carbocycles. The second-order valence-electron chi connectivity index (χ2n) is 8.00. The third kappa shape index (κ3) is 4.42. The summed E-state index contributed by atoms with van der Waals surface area (Å²) in [5.41, 5.74) is 3.36. The van der Waals surface area contributed by atoms with Crippen LogP contribution in [-0.2, 0) is 16.6 Å². The molecule has 1 heterocycles. The Hall–Kier alpha value is -1.26. The van der Waals surface area contributed by atoms with Crippen LogP contribution in [0, 0.1) is 0 Å². The second-order valence-corrected chi connectivity index (χ2v) is 9.30. The van der Waals surface area contributed by atoms with Crippen LogP contribution in [0.1, 0.15) is 58.2 Å². The maximum Gasteiger partial charge on any atom is 0.277 e. The number of aromatic nitrogens is 2. The largest absolute Gasteiger partial charge is 0.277 e. The van der Waals surface area contributed by atoms with E-state index >= 15 is 0 Å². The molecule has 0 saturated carbocycles. The summed E-state index contributed by atoms with van der Waals surface area (Å²) in [6.45, 7) is 13.0. The second kappa shape index (κ2) is 6.93. The van der Waals surface area contributed by atoms with Crippen molar-refractivity contribution in [2.75, 3.05) is 0 Å². The minimum absolute atomic E-state index is 0.0228. The normalized spacial score (nSPS) is 12.5. The molecule has 2 aromatic rings. The zero-order valence-corrected chi connectivity index (χ0v) is 16.8. The zero-order chi connectivity index (χ0) is 18.1. The fourth-order valence-corrected chi connectivity index (χ4v) is 3.84. The van der Waals surface area contributed by atoms with E-state index in [-0.39, 0.29) is 16.4 Å². The minimum atomic E-state index is -0.107. The van der Waals surface area contributed by atoms with Crippen molar-refractivity contribution in [1.82, 2.24) is 9.19 Å². The van der Waals surface area contributed by atoms with E-state index in [0.717, 1.165) is 10.6 Å². The summed E-state index contributed by atoms with van der Waals surface area (Å²) in [4.78, 5) is 11.9. The van der Waals surface area contributed by atoms with Gasteiger partial charge in [0.1, 0.15) is 0 Å². The molecule has 0 radical (unpaired) electrons. The maximum atomic E-state index is 11.9. The van der Waals surface area contributed by atoms with Gasteiger partial charge in [-0.15, -0.1) is 0 Å². The summed E-state index contributed by atoms with van der Waals surface area (Å²) in [7, 11) is 0. The molecule has 5 heteroatoms. The Morgan fingerprint density at radius 1 is 1.08 bits per heavy atom. The smallest absolute Gasteiger partial charge is 0.267 e. The van der Waals surface area contributed by atoms with Gasteiger partial charge < -0.3 is 0 Å². The number of halogens is 1. The van der Waals surface area contributed by atoms with Gasteiger partial charge in [0.05, 0.1) is 0 Å². The third-order valence-electron chi connectivity index (χ3n) is 3.84. The van der Waals surface area contributed by atoms with Crippen LogP contribution >= 0.6 is 23.5 Å². The average molecular weight is 365 g/mol. The van der Waals surface area contributed by atoms with Gasteiger partial charge in [-0.25, -0.2) is 0 Å². The van der Waals surface area contributed by atoms with Gasteiger partial charge in [0.15, 0.2) is 0 Å². The Morgan fingerprint density at radius 2 is 1.71 bits per heavy atom. The molecule has 0 bridgehead atoms. The molecule has 0 saturated heterocycles. The van der Waals surface area contributed by atoms with Gasteiger partial charge in [0, 0.05) is 23.0 Å². The molecule has 0 unspecified atom stereocenters. The number of rotatable bonds is 3. The summed E-state index contributed by atoms with van der Waals surface area (Å²) in [5, 5.41) is 4.92. The number of nitrogens with zero attached hydrogens (tertiary/aromatic N) is 2. The van der Waals surface area contributed by atoms with Crippen molar-refractivity contribution in [3.8, 4) is 0 Å². The van der Waals surface area contributed by atoms with Gasteiger partial charge in [-0.2, -0.15) is 9.19 Å². The van der Waals surface area contributed by atoms with E-state index < -0.39 is 0 Å². The van der Waals surface area contributed by atoms with Crippen LogP contribution in [-0.4, -0.2) is 9.19 Å². The fraction of sp³-hybridized carbons (Fsp3) is 0.474. The van der Waals surface area contributed by atoms with Crippen molar-refractivity contribution in [3.05, 3.63) is 62.5 Å². The minimum Gasteiger partial charge on any atom is -0.267 e. The molecule has 1 aromatic heterocycles. The first kappa shape index (κ1) is 19.1. The molecule has 2 rings (SSSR count). The maximum absolute atomic E-state index is 11.9. The first-order chi connectivity index (χ1) is 11.0. The predicted octanol–water partition coefficient (Wildman–Crippen LogP) is 5.19. The van der Waals surface area contributed by atoms with Crippen LogP contribution in [0.15, 0.2) is 35.3 Å². The van der Waals surface area contributed by atoms with E-state index in [1.54, 1.807) is 12.3 Å². The Morgan fingerprint density at radius 3 is 2.25 bits per heavy atom. The Bertz CT molecular complexity index is 785. The van der Waals surface area contributed by atoms with Crippen molar-refractivity contribution in [3.63, 3.8) is 0 Å². The molecular weight excluding hydrogens is 340 g/mol. The van der Waals surface area contributed by atoms with E-state index in [4.69, 9.17) is 11.6 Å². The van der Waals surface area contributed by atoms with Gasteiger partial charge in [0.25, 0.3) is 5.56 Å². The van der Waals surface area contributed by atoms with Crippen molar-refractivity contribution < 1.29 is 0 Å². The van der Waals surface area contributed by atoms with Crippen molar-refractivity contribution >= 4 is 23.5 Å².